The lowest BCUT2D eigenvalue weighted by atomic mass is 10.1. The minimum Gasteiger partial charge on any atom is -0.381 e. The number of ether oxygens (including phenoxy) is 1. The van der Waals surface area contributed by atoms with Gasteiger partial charge in [-0.25, -0.2) is 8.42 Å². The van der Waals surface area contributed by atoms with Gasteiger partial charge in [0.15, 0.2) is 9.84 Å². The molecule has 0 aromatic heterocycles. The second-order valence-electron chi connectivity index (χ2n) is 5.58. The van der Waals surface area contributed by atoms with Gasteiger partial charge in [0.1, 0.15) is 0 Å². The van der Waals surface area contributed by atoms with Gasteiger partial charge in [-0.3, -0.25) is 0 Å². The molecule has 2 heterocycles. The van der Waals surface area contributed by atoms with Crippen molar-refractivity contribution in [3.8, 4) is 0 Å². The number of hydrogen-bond acceptors (Lipinski definition) is 4. The second kappa shape index (κ2) is 6.87. The fourth-order valence-electron chi connectivity index (χ4n) is 2.35. The highest BCUT2D eigenvalue weighted by Gasteiger charge is 2.27. The standard InChI is InChI=1S/C16H18N2O3S2/c1-23(19,20)14-4-2-13(3-5-14)15-8-17-9-16(18-15)22-11-12-6-7-21-10-12/h2-5,8-9,12H,6-7,10-11H2,1H3/q+2. The number of sulfone groups is 1. The zero-order valence-corrected chi connectivity index (χ0v) is 14.4. The smallest absolute Gasteiger partial charge is 0.381 e. The molecule has 0 N–H and O–H groups in total. The van der Waals surface area contributed by atoms with Crippen molar-refractivity contribution >= 4 is 44.8 Å². The summed E-state index contributed by atoms with van der Waals surface area (Å²) in [5, 5.41) is 0.876. The van der Waals surface area contributed by atoms with Gasteiger partial charge in [0, 0.05) is 18.6 Å². The van der Waals surface area contributed by atoms with Crippen LogP contribution in [-0.4, -0.2) is 56.8 Å². The van der Waals surface area contributed by atoms with Gasteiger partial charge in [-0.05, 0) is 48.4 Å². The molecule has 0 bridgehead atoms. The fourth-order valence-corrected chi connectivity index (χ4v) is 3.95. The first kappa shape index (κ1) is 16.2. The van der Waals surface area contributed by atoms with Gasteiger partial charge >= 0.3 is 23.2 Å². The Kier molecular flexibility index (Phi) is 4.85. The molecule has 5 nitrogen and oxygen atoms in total. The first-order chi connectivity index (χ1) is 11.0. The molecule has 1 aromatic carbocycles. The third-order valence-electron chi connectivity index (χ3n) is 3.68. The van der Waals surface area contributed by atoms with E-state index in [0.717, 1.165) is 41.7 Å². The molecule has 0 amide bonds. The molecule has 120 valence electrons. The highest BCUT2D eigenvalue weighted by Crippen LogP contribution is 2.18. The van der Waals surface area contributed by atoms with Crippen molar-refractivity contribution in [3.05, 3.63) is 29.8 Å². The van der Waals surface area contributed by atoms with E-state index >= 15 is 0 Å². The van der Waals surface area contributed by atoms with Crippen LogP contribution in [-0.2, 0) is 14.6 Å². The Morgan fingerprint density at radius 1 is 1.26 bits per heavy atom. The number of thioether (sulfide) groups is 1. The minimum atomic E-state index is -3.18. The Balaban J connectivity index is 1.77. The van der Waals surface area contributed by atoms with Gasteiger partial charge in [-0.1, -0.05) is 9.34 Å². The van der Waals surface area contributed by atoms with E-state index in [1.807, 2.05) is 0 Å². The van der Waals surface area contributed by atoms with Crippen molar-refractivity contribution in [3.63, 3.8) is 0 Å². The predicted molar refractivity (Wildman–Crippen MR) is 96.4 cm³/mol. The highest BCUT2D eigenvalue weighted by atomic mass is 32.2. The third-order valence-corrected chi connectivity index (χ3v) is 5.94. The van der Waals surface area contributed by atoms with Crippen molar-refractivity contribution in [2.45, 2.75) is 11.3 Å². The maximum Gasteiger partial charge on any atom is 0.443 e. The SMILES string of the molecule is CS(=O)(=O)c1ccc(C2=[N+]=C(SCC3CCOC3)C=[N+]=C2)cc1. The predicted octanol–water partition coefficient (Wildman–Crippen LogP) is 0.337. The molecule has 7 heteroatoms. The summed E-state index contributed by atoms with van der Waals surface area (Å²) in [5.74, 6) is 1.56. The van der Waals surface area contributed by atoms with Crippen molar-refractivity contribution in [1.29, 1.82) is 0 Å². The van der Waals surface area contributed by atoms with Gasteiger partial charge < -0.3 is 4.74 Å². The first-order valence-corrected chi connectivity index (χ1v) is 10.2. The van der Waals surface area contributed by atoms with Crippen molar-refractivity contribution < 1.29 is 13.2 Å². The summed E-state index contributed by atoms with van der Waals surface area (Å²) in [6.45, 7) is 1.68. The number of benzene rings is 1. The monoisotopic (exact) mass is 350 g/mol. The van der Waals surface area contributed by atoms with E-state index in [1.54, 1.807) is 48.5 Å². The normalized spacial score (nSPS) is 20.5. The molecule has 2 aliphatic rings. The molecule has 23 heavy (non-hydrogen) atoms. The van der Waals surface area contributed by atoms with Crippen molar-refractivity contribution in [1.82, 2.24) is 9.34 Å². The van der Waals surface area contributed by atoms with E-state index in [2.05, 4.69) is 9.34 Å². The molecular formula is C16H18N2O3S2+2. The first-order valence-electron chi connectivity index (χ1n) is 7.35. The maximum atomic E-state index is 11.5. The summed E-state index contributed by atoms with van der Waals surface area (Å²) in [5.41, 5.74) is 1.61. The Hall–Kier alpha value is -1.62. The lowest BCUT2D eigenvalue weighted by Crippen LogP contribution is -2.19. The molecule has 0 radical (unpaired) electrons. The van der Waals surface area contributed by atoms with Crippen LogP contribution in [0.1, 0.15) is 12.0 Å². The summed E-state index contributed by atoms with van der Waals surface area (Å²) < 4.78 is 37.2. The van der Waals surface area contributed by atoms with Crippen LogP contribution < -0.4 is 9.34 Å². The molecule has 0 saturated carbocycles. The van der Waals surface area contributed by atoms with Crippen LogP contribution in [0.25, 0.3) is 0 Å². The lowest BCUT2D eigenvalue weighted by Gasteiger charge is -2.00. The molecule has 2 aliphatic heterocycles. The van der Waals surface area contributed by atoms with E-state index in [4.69, 9.17) is 4.74 Å². The van der Waals surface area contributed by atoms with E-state index in [9.17, 15) is 8.42 Å². The third kappa shape index (κ3) is 4.22. The summed E-state index contributed by atoms with van der Waals surface area (Å²) >= 11 is 1.68. The zero-order chi connectivity index (χ0) is 16.3. The molecule has 1 atom stereocenters. The van der Waals surface area contributed by atoms with Gasteiger partial charge in [-0.15, -0.1) is 0 Å². The van der Waals surface area contributed by atoms with Crippen molar-refractivity contribution in [2.24, 2.45) is 5.92 Å². The van der Waals surface area contributed by atoms with E-state index < -0.39 is 9.84 Å². The summed E-state index contributed by atoms with van der Waals surface area (Å²) in [6.07, 6.45) is 5.76. The largest absolute Gasteiger partial charge is 0.443 e. The van der Waals surface area contributed by atoms with Gasteiger partial charge in [0.25, 0.3) is 0 Å². The number of nitrogens with zero attached hydrogens (tertiary/aromatic N) is 2. The average molecular weight is 350 g/mol. The van der Waals surface area contributed by atoms with E-state index in [-0.39, 0.29) is 0 Å². The summed E-state index contributed by atoms with van der Waals surface area (Å²) in [7, 11) is -3.18. The van der Waals surface area contributed by atoms with E-state index in [0.29, 0.717) is 10.8 Å². The Morgan fingerprint density at radius 2 is 2.04 bits per heavy atom. The minimum absolute atomic E-state index is 0.306. The zero-order valence-electron chi connectivity index (χ0n) is 12.8. The lowest BCUT2D eigenvalue weighted by molar-refractivity contribution is 0.189. The second-order valence-corrected chi connectivity index (χ2v) is 8.64. The average Bonchev–Trinajstić information content (AvgIpc) is 3.06. The van der Waals surface area contributed by atoms with Gasteiger partial charge in [-0.2, -0.15) is 0 Å². The molecule has 1 unspecified atom stereocenters. The summed E-state index contributed by atoms with van der Waals surface area (Å²) in [4.78, 5) is 0.306. The van der Waals surface area contributed by atoms with Gasteiger partial charge in [0.2, 0.25) is 0 Å². The summed E-state index contributed by atoms with van der Waals surface area (Å²) in [6, 6.07) is 6.73. The number of hydrogen-bond donors (Lipinski definition) is 0. The number of rotatable bonds is 4. The van der Waals surface area contributed by atoms with Crippen molar-refractivity contribution in [2.75, 3.05) is 25.2 Å². The Morgan fingerprint density at radius 3 is 2.70 bits per heavy atom. The van der Waals surface area contributed by atoms with Crippen LogP contribution in [0.5, 0.6) is 0 Å². The quantitative estimate of drug-likeness (QED) is 0.734. The van der Waals surface area contributed by atoms with E-state index in [1.165, 1.54) is 6.26 Å². The molecule has 3 rings (SSSR count). The molecule has 0 aliphatic carbocycles. The molecule has 0 spiro atoms. The van der Waals surface area contributed by atoms with Crippen LogP contribution in [0.3, 0.4) is 0 Å². The molecule has 1 saturated heterocycles. The van der Waals surface area contributed by atoms with Crippen LogP contribution in [0.15, 0.2) is 29.2 Å². The fraction of sp³-hybridized carbons (Fsp3) is 0.375. The molecular weight excluding hydrogens is 332 g/mol. The van der Waals surface area contributed by atoms with Crippen LogP contribution in [0, 0.1) is 5.92 Å². The maximum absolute atomic E-state index is 11.5. The van der Waals surface area contributed by atoms with Gasteiger partial charge in [0.05, 0.1) is 17.1 Å². The topological polar surface area (TPSA) is 71.6 Å². The van der Waals surface area contributed by atoms with Crippen LogP contribution in [0.4, 0.5) is 0 Å². The molecule has 1 fully saturated rings. The Labute approximate surface area is 139 Å². The van der Waals surface area contributed by atoms with Crippen LogP contribution in [0.2, 0.25) is 0 Å². The Bertz CT molecular complexity index is 823. The van der Waals surface area contributed by atoms with Crippen LogP contribution >= 0.6 is 11.8 Å². The highest BCUT2D eigenvalue weighted by molar-refractivity contribution is 8.15. The molecule has 1 aromatic rings.